The van der Waals surface area contributed by atoms with Gasteiger partial charge in [-0.25, -0.2) is 9.37 Å². The molecule has 96 valence electrons. The fourth-order valence-corrected chi connectivity index (χ4v) is 3.44. The maximum absolute atomic E-state index is 14.0. The van der Waals surface area contributed by atoms with Crippen molar-refractivity contribution >= 4 is 16.6 Å². The third-order valence-electron chi connectivity index (χ3n) is 4.43. The van der Waals surface area contributed by atoms with Crippen molar-refractivity contribution in [2.24, 2.45) is 0 Å². The van der Waals surface area contributed by atoms with Crippen LogP contribution < -0.4 is 5.32 Å². The van der Waals surface area contributed by atoms with Crippen LogP contribution in [0.3, 0.4) is 0 Å². The number of rotatable bonds is 0. The second-order valence-corrected chi connectivity index (χ2v) is 5.46. The maximum Gasteiger partial charge on any atom is 0.128 e. The molecule has 1 aliphatic heterocycles. The molecule has 0 fully saturated rings. The lowest BCUT2D eigenvalue weighted by Crippen LogP contribution is -2.09. The highest BCUT2D eigenvalue weighted by molar-refractivity contribution is 5.91. The summed E-state index contributed by atoms with van der Waals surface area (Å²) in [7, 11) is 0. The normalized spacial score (nSPS) is 16.6. The number of aryl methyl sites for hydroxylation is 2. The molecule has 0 unspecified atom stereocenters. The molecule has 0 bridgehead atoms. The molecule has 19 heavy (non-hydrogen) atoms. The first-order valence-corrected chi connectivity index (χ1v) is 6.73. The van der Waals surface area contributed by atoms with E-state index in [9.17, 15) is 4.39 Å². The topological polar surface area (TPSA) is 24.9 Å². The van der Waals surface area contributed by atoms with E-state index in [1.54, 1.807) is 6.07 Å². The maximum atomic E-state index is 14.0. The summed E-state index contributed by atoms with van der Waals surface area (Å²) in [5.41, 5.74) is 7.15. The molecule has 1 aliphatic carbocycles. The van der Waals surface area contributed by atoms with Crippen LogP contribution in [0.2, 0.25) is 0 Å². The molecule has 2 nitrogen and oxygen atoms in total. The van der Waals surface area contributed by atoms with E-state index in [2.05, 4.69) is 16.9 Å². The van der Waals surface area contributed by atoms with Crippen LogP contribution in [-0.4, -0.2) is 4.98 Å². The van der Waals surface area contributed by atoms with Gasteiger partial charge in [-0.2, -0.15) is 0 Å². The lowest BCUT2D eigenvalue weighted by Gasteiger charge is -2.21. The van der Waals surface area contributed by atoms with E-state index in [4.69, 9.17) is 0 Å². The van der Waals surface area contributed by atoms with E-state index in [0.29, 0.717) is 0 Å². The zero-order chi connectivity index (χ0) is 13.1. The van der Waals surface area contributed by atoms with Crippen LogP contribution in [0.5, 0.6) is 0 Å². The number of hydrogen-bond donors (Lipinski definition) is 1. The first kappa shape index (κ1) is 11.0. The third kappa shape index (κ3) is 1.33. The predicted octanol–water partition coefficient (Wildman–Crippen LogP) is 3.24. The Labute approximate surface area is 111 Å². The monoisotopic (exact) mass is 254 g/mol. The zero-order valence-corrected chi connectivity index (χ0v) is 10.9. The number of halogens is 1. The summed E-state index contributed by atoms with van der Waals surface area (Å²) in [4.78, 5) is 4.64. The molecule has 1 aromatic carbocycles. The van der Waals surface area contributed by atoms with Crippen molar-refractivity contribution in [3.8, 4) is 0 Å². The Morgan fingerprint density at radius 2 is 2.05 bits per heavy atom. The molecule has 2 aromatic rings. The SMILES string of the molecule is C=C1NCc2c1nc1cc(F)c(C)c3c1c2CCC3. The Hall–Kier alpha value is -1.90. The molecule has 0 radical (unpaired) electrons. The van der Waals surface area contributed by atoms with Gasteiger partial charge in [-0.15, -0.1) is 0 Å². The van der Waals surface area contributed by atoms with Gasteiger partial charge >= 0.3 is 0 Å². The summed E-state index contributed by atoms with van der Waals surface area (Å²) in [5, 5.41) is 4.45. The van der Waals surface area contributed by atoms with Crippen LogP contribution in [0.15, 0.2) is 12.6 Å². The highest BCUT2D eigenvalue weighted by Gasteiger charge is 2.26. The van der Waals surface area contributed by atoms with Gasteiger partial charge in [0.1, 0.15) is 5.82 Å². The average Bonchev–Trinajstić information content (AvgIpc) is 2.78. The van der Waals surface area contributed by atoms with Crippen molar-refractivity contribution < 1.29 is 4.39 Å². The first-order chi connectivity index (χ1) is 9.16. The largest absolute Gasteiger partial charge is 0.380 e. The van der Waals surface area contributed by atoms with Crippen LogP contribution >= 0.6 is 0 Å². The Morgan fingerprint density at radius 3 is 2.89 bits per heavy atom. The molecule has 1 aromatic heterocycles. The Bertz CT molecular complexity index is 746. The lowest BCUT2D eigenvalue weighted by molar-refractivity contribution is 0.615. The van der Waals surface area contributed by atoms with E-state index in [0.717, 1.165) is 53.8 Å². The van der Waals surface area contributed by atoms with Crippen molar-refractivity contribution in [3.05, 3.63) is 46.4 Å². The average molecular weight is 254 g/mol. The summed E-state index contributed by atoms with van der Waals surface area (Å²) in [5.74, 6) is -0.139. The first-order valence-electron chi connectivity index (χ1n) is 6.73. The number of aromatic nitrogens is 1. The highest BCUT2D eigenvalue weighted by atomic mass is 19.1. The molecule has 2 heterocycles. The summed E-state index contributed by atoms with van der Waals surface area (Å²) in [6.07, 6.45) is 3.12. The van der Waals surface area contributed by atoms with Gasteiger partial charge < -0.3 is 5.32 Å². The van der Waals surface area contributed by atoms with Gasteiger partial charge in [0, 0.05) is 23.6 Å². The van der Waals surface area contributed by atoms with Gasteiger partial charge in [0.25, 0.3) is 0 Å². The predicted molar refractivity (Wildman–Crippen MR) is 74.3 cm³/mol. The molecule has 0 spiro atoms. The Balaban J connectivity index is 2.21. The van der Waals surface area contributed by atoms with Gasteiger partial charge in [-0.05, 0) is 42.9 Å². The summed E-state index contributed by atoms with van der Waals surface area (Å²) in [6, 6.07) is 1.58. The lowest BCUT2D eigenvalue weighted by atomic mass is 9.85. The molecule has 3 heteroatoms. The van der Waals surface area contributed by atoms with Gasteiger partial charge in [0.05, 0.1) is 16.9 Å². The number of pyridine rings is 1. The van der Waals surface area contributed by atoms with Crippen molar-refractivity contribution in [1.82, 2.24) is 10.3 Å². The Kier molecular flexibility index (Phi) is 2.06. The molecule has 1 N–H and O–H groups in total. The van der Waals surface area contributed by atoms with Crippen LogP contribution in [0.4, 0.5) is 4.39 Å². The summed E-state index contributed by atoms with van der Waals surface area (Å²) >= 11 is 0. The standard InChI is InChI=1S/C16H15FN2/c1-8-10-4-3-5-11-12-7-18-9(2)16(12)19-14(15(10)11)6-13(8)17/h6,18H,2-5,7H2,1H3. The Morgan fingerprint density at radius 1 is 1.26 bits per heavy atom. The number of nitrogens with zero attached hydrogens (tertiary/aromatic N) is 1. The second-order valence-electron chi connectivity index (χ2n) is 5.46. The molecule has 4 rings (SSSR count). The van der Waals surface area contributed by atoms with E-state index in [1.807, 2.05) is 6.92 Å². The summed E-state index contributed by atoms with van der Waals surface area (Å²) in [6.45, 7) is 6.68. The fourth-order valence-electron chi connectivity index (χ4n) is 3.44. The van der Waals surface area contributed by atoms with Crippen LogP contribution in [-0.2, 0) is 19.4 Å². The molecule has 0 saturated carbocycles. The van der Waals surface area contributed by atoms with E-state index < -0.39 is 0 Å². The van der Waals surface area contributed by atoms with Crippen molar-refractivity contribution in [2.75, 3.05) is 0 Å². The minimum absolute atomic E-state index is 0.139. The van der Waals surface area contributed by atoms with Crippen molar-refractivity contribution in [1.29, 1.82) is 0 Å². The fraction of sp³-hybridized carbons (Fsp3) is 0.312. The number of fused-ring (bicyclic) bond motifs is 2. The number of hydrogen-bond acceptors (Lipinski definition) is 2. The number of nitrogens with one attached hydrogen (secondary N) is 1. The van der Waals surface area contributed by atoms with Crippen molar-refractivity contribution in [3.63, 3.8) is 0 Å². The van der Waals surface area contributed by atoms with Crippen molar-refractivity contribution in [2.45, 2.75) is 32.7 Å². The van der Waals surface area contributed by atoms with E-state index in [-0.39, 0.29) is 5.82 Å². The van der Waals surface area contributed by atoms with Gasteiger partial charge in [-0.1, -0.05) is 6.58 Å². The zero-order valence-electron chi connectivity index (χ0n) is 10.9. The van der Waals surface area contributed by atoms with Gasteiger partial charge in [0.2, 0.25) is 0 Å². The van der Waals surface area contributed by atoms with Crippen LogP contribution in [0.25, 0.3) is 16.6 Å². The minimum atomic E-state index is -0.139. The molecule has 0 amide bonds. The molecular weight excluding hydrogens is 239 g/mol. The highest BCUT2D eigenvalue weighted by Crippen LogP contribution is 2.38. The number of benzene rings is 1. The second kappa shape index (κ2) is 3.56. The smallest absolute Gasteiger partial charge is 0.128 e. The van der Waals surface area contributed by atoms with E-state index >= 15 is 0 Å². The van der Waals surface area contributed by atoms with Gasteiger partial charge in [-0.3, -0.25) is 0 Å². The van der Waals surface area contributed by atoms with Crippen LogP contribution in [0.1, 0.15) is 34.4 Å². The summed E-state index contributed by atoms with van der Waals surface area (Å²) < 4.78 is 14.0. The molecule has 0 atom stereocenters. The third-order valence-corrected chi connectivity index (χ3v) is 4.43. The van der Waals surface area contributed by atoms with Gasteiger partial charge in [0.15, 0.2) is 0 Å². The minimum Gasteiger partial charge on any atom is -0.380 e. The van der Waals surface area contributed by atoms with E-state index in [1.165, 1.54) is 16.5 Å². The molecular formula is C16H15FN2. The molecule has 2 aliphatic rings. The van der Waals surface area contributed by atoms with Crippen LogP contribution in [0, 0.1) is 12.7 Å². The quantitative estimate of drug-likeness (QED) is 0.780. The molecule has 0 saturated heterocycles.